The first-order chi connectivity index (χ1) is 13.4. The van der Waals surface area contributed by atoms with E-state index in [0.29, 0.717) is 19.8 Å². The van der Waals surface area contributed by atoms with Gasteiger partial charge in [-0.2, -0.15) is 0 Å². The summed E-state index contributed by atoms with van der Waals surface area (Å²) in [5.74, 6) is 0.874. The number of guanidine groups is 1. The van der Waals surface area contributed by atoms with Gasteiger partial charge >= 0.3 is 0 Å². The Kier molecular flexibility index (Phi) is 20.2. The van der Waals surface area contributed by atoms with Crippen molar-refractivity contribution >= 4 is 29.9 Å². The van der Waals surface area contributed by atoms with Crippen molar-refractivity contribution in [3.05, 3.63) is 35.9 Å². The van der Waals surface area contributed by atoms with Gasteiger partial charge in [-0.25, -0.2) is 0 Å². The van der Waals surface area contributed by atoms with Crippen molar-refractivity contribution in [2.24, 2.45) is 4.99 Å². The summed E-state index contributed by atoms with van der Waals surface area (Å²) in [6.07, 6.45) is 4.01. The molecule has 0 atom stereocenters. The lowest BCUT2D eigenvalue weighted by molar-refractivity contribution is 0.0702. The molecule has 162 valence electrons. The molecule has 0 unspecified atom stereocenters. The first-order valence-corrected chi connectivity index (χ1v) is 10.1. The van der Waals surface area contributed by atoms with Crippen molar-refractivity contribution < 1.29 is 14.2 Å². The van der Waals surface area contributed by atoms with E-state index in [1.54, 1.807) is 7.11 Å². The molecule has 0 saturated carbocycles. The number of aliphatic imine (C=N–C) groups is 1. The van der Waals surface area contributed by atoms with Gasteiger partial charge in [-0.05, 0) is 38.2 Å². The third kappa shape index (κ3) is 16.1. The Morgan fingerprint density at radius 1 is 0.893 bits per heavy atom. The lowest BCUT2D eigenvalue weighted by Crippen LogP contribution is -2.38. The Morgan fingerprint density at radius 3 is 2.39 bits per heavy atom. The van der Waals surface area contributed by atoms with E-state index >= 15 is 0 Å². The van der Waals surface area contributed by atoms with Crippen molar-refractivity contribution in [2.75, 3.05) is 59.8 Å². The minimum atomic E-state index is 0. The van der Waals surface area contributed by atoms with E-state index in [1.807, 2.05) is 6.07 Å². The molecule has 0 aliphatic rings. The molecular formula is C21H38IN3O3. The largest absolute Gasteiger partial charge is 0.382 e. The standard InChI is InChI=1S/C21H37N3O3.HI/c1-3-22-21(24-14-9-16-27-19-18-25-2)23-13-7-8-15-26-17-12-20-10-5-4-6-11-20;/h4-6,10-11H,3,7-9,12-19H2,1-2H3,(H2,22,23,24);1H. The van der Waals surface area contributed by atoms with Gasteiger partial charge in [0.15, 0.2) is 5.96 Å². The summed E-state index contributed by atoms with van der Waals surface area (Å²) in [5.41, 5.74) is 1.33. The second kappa shape index (κ2) is 20.8. The zero-order chi connectivity index (χ0) is 19.4. The van der Waals surface area contributed by atoms with Crippen LogP contribution in [0.3, 0.4) is 0 Å². The van der Waals surface area contributed by atoms with Crippen molar-refractivity contribution in [1.29, 1.82) is 0 Å². The van der Waals surface area contributed by atoms with E-state index in [4.69, 9.17) is 14.2 Å². The molecule has 1 aromatic carbocycles. The number of unbranched alkanes of at least 4 members (excludes halogenated alkanes) is 1. The van der Waals surface area contributed by atoms with E-state index < -0.39 is 0 Å². The van der Waals surface area contributed by atoms with Gasteiger partial charge in [0.05, 0.1) is 19.8 Å². The maximum Gasteiger partial charge on any atom is 0.191 e. The van der Waals surface area contributed by atoms with Gasteiger partial charge in [0.1, 0.15) is 0 Å². The molecule has 28 heavy (non-hydrogen) atoms. The zero-order valence-corrected chi connectivity index (χ0v) is 19.8. The number of benzene rings is 1. The van der Waals surface area contributed by atoms with Crippen LogP contribution < -0.4 is 10.6 Å². The summed E-state index contributed by atoms with van der Waals surface area (Å²) < 4.78 is 16.1. The number of nitrogens with one attached hydrogen (secondary N) is 2. The SMILES string of the molecule is CCNC(=NCCCOCCOC)NCCCCOCCc1ccccc1.I. The van der Waals surface area contributed by atoms with Gasteiger partial charge in [-0.1, -0.05) is 30.3 Å². The van der Waals surface area contributed by atoms with Gasteiger partial charge < -0.3 is 24.8 Å². The third-order valence-corrected chi connectivity index (χ3v) is 3.88. The summed E-state index contributed by atoms with van der Waals surface area (Å²) >= 11 is 0. The molecule has 7 heteroatoms. The average Bonchev–Trinajstić information content (AvgIpc) is 2.70. The van der Waals surface area contributed by atoms with Crippen LogP contribution in [0.15, 0.2) is 35.3 Å². The Balaban J connectivity index is 0.00000729. The molecule has 0 aliphatic carbocycles. The molecule has 0 fully saturated rings. The fourth-order valence-corrected chi connectivity index (χ4v) is 2.42. The fraction of sp³-hybridized carbons (Fsp3) is 0.667. The van der Waals surface area contributed by atoms with Gasteiger partial charge in [-0.3, -0.25) is 4.99 Å². The Hall–Kier alpha value is -0.900. The van der Waals surface area contributed by atoms with E-state index in [9.17, 15) is 0 Å². The van der Waals surface area contributed by atoms with Gasteiger partial charge in [0.2, 0.25) is 0 Å². The highest BCUT2D eigenvalue weighted by molar-refractivity contribution is 14.0. The maximum atomic E-state index is 5.72. The molecule has 0 spiro atoms. The van der Waals surface area contributed by atoms with E-state index in [-0.39, 0.29) is 24.0 Å². The number of halogens is 1. The Bertz CT molecular complexity index is 475. The van der Waals surface area contributed by atoms with Crippen molar-refractivity contribution in [1.82, 2.24) is 10.6 Å². The minimum Gasteiger partial charge on any atom is -0.382 e. The average molecular weight is 507 g/mol. The monoisotopic (exact) mass is 507 g/mol. The second-order valence-electron chi connectivity index (χ2n) is 6.20. The summed E-state index contributed by atoms with van der Waals surface area (Å²) in [6.45, 7) is 8.19. The number of ether oxygens (including phenoxy) is 3. The molecular weight excluding hydrogens is 469 g/mol. The van der Waals surface area contributed by atoms with Crippen LogP contribution in [-0.4, -0.2) is 65.7 Å². The lowest BCUT2D eigenvalue weighted by Gasteiger charge is -2.11. The van der Waals surface area contributed by atoms with Crippen LogP contribution in [0, 0.1) is 0 Å². The van der Waals surface area contributed by atoms with Crippen LogP contribution in [0.25, 0.3) is 0 Å². The number of hydrogen-bond donors (Lipinski definition) is 2. The predicted molar refractivity (Wildman–Crippen MR) is 127 cm³/mol. The molecule has 0 saturated heterocycles. The number of rotatable bonds is 16. The molecule has 0 radical (unpaired) electrons. The van der Waals surface area contributed by atoms with Gasteiger partial charge in [0.25, 0.3) is 0 Å². The molecule has 1 aromatic rings. The van der Waals surface area contributed by atoms with Crippen molar-refractivity contribution in [3.63, 3.8) is 0 Å². The van der Waals surface area contributed by atoms with Crippen LogP contribution in [0.2, 0.25) is 0 Å². The van der Waals surface area contributed by atoms with E-state index in [0.717, 1.165) is 64.5 Å². The molecule has 0 bridgehead atoms. The Labute approximate surface area is 187 Å². The van der Waals surface area contributed by atoms with Crippen LogP contribution in [-0.2, 0) is 20.6 Å². The first kappa shape index (κ1) is 27.1. The Morgan fingerprint density at radius 2 is 1.64 bits per heavy atom. The summed E-state index contributed by atoms with van der Waals surface area (Å²) in [5, 5.41) is 6.64. The molecule has 0 aromatic heterocycles. The quantitative estimate of drug-likeness (QED) is 0.156. The molecule has 0 amide bonds. The summed E-state index contributed by atoms with van der Waals surface area (Å²) in [6, 6.07) is 10.5. The minimum absolute atomic E-state index is 0. The number of methoxy groups -OCH3 is 1. The van der Waals surface area contributed by atoms with E-state index in [2.05, 4.69) is 46.8 Å². The highest BCUT2D eigenvalue weighted by Gasteiger charge is 1.97. The summed E-state index contributed by atoms with van der Waals surface area (Å²) in [4.78, 5) is 4.56. The molecule has 0 heterocycles. The maximum absolute atomic E-state index is 5.72. The fourth-order valence-electron chi connectivity index (χ4n) is 2.42. The predicted octanol–water partition coefficient (Wildman–Crippen LogP) is 3.25. The van der Waals surface area contributed by atoms with Gasteiger partial charge in [0, 0.05) is 40.0 Å². The van der Waals surface area contributed by atoms with Crippen LogP contribution in [0.5, 0.6) is 0 Å². The molecule has 0 aliphatic heterocycles. The van der Waals surface area contributed by atoms with Crippen molar-refractivity contribution in [3.8, 4) is 0 Å². The molecule has 2 N–H and O–H groups in total. The number of nitrogens with zero attached hydrogens (tertiary/aromatic N) is 1. The smallest absolute Gasteiger partial charge is 0.191 e. The lowest BCUT2D eigenvalue weighted by atomic mass is 10.2. The third-order valence-electron chi connectivity index (χ3n) is 3.88. The topological polar surface area (TPSA) is 64.1 Å². The summed E-state index contributed by atoms with van der Waals surface area (Å²) in [7, 11) is 1.68. The van der Waals surface area contributed by atoms with Crippen LogP contribution >= 0.6 is 24.0 Å². The van der Waals surface area contributed by atoms with Crippen molar-refractivity contribution in [2.45, 2.75) is 32.6 Å². The number of hydrogen-bond acceptors (Lipinski definition) is 4. The van der Waals surface area contributed by atoms with Gasteiger partial charge in [-0.15, -0.1) is 24.0 Å². The highest BCUT2D eigenvalue weighted by Crippen LogP contribution is 2.00. The van der Waals surface area contributed by atoms with E-state index in [1.165, 1.54) is 5.56 Å². The normalized spacial score (nSPS) is 11.1. The first-order valence-electron chi connectivity index (χ1n) is 10.1. The zero-order valence-electron chi connectivity index (χ0n) is 17.5. The highest BCUT2D eigenvalue weighted by atomic mass is 127. The molecule has 1 rings (SSSR count). The molecule has 6 nitrogen and oxygen atoms in total. The van der Waals surface area contributed by atoms with Crippen LogP contribution in [0.1, 0.15) is 31.7 Å². The second-order valence-corrected chi connectivity index (χ2v) is 6.20. The van der Waals surface area contributed by atoms with Crippen LogP contribution in [0.4, 0.5) is 0 Å².